The Hall–Kier alpha value is -6.30. The fourth-order valence-corrected chi connectivity index (χ4v) is 9.17. The maximum absolute atomic E-state index is 15.3. The third kappa shape index (κ3) is 8.22. The van der Waals surface area contributed by atoms with Gasteiger partial charge in [0.25, 0.3) is 11.8 Å². The number of carbonyl (C=O) groups is 5. The van der Waals surface area contributed by atoms with E-state index in [0.29, 0.717) is 27.9 Å². The highest BCUT2D eigenvalue weighted by atomic mass is 35.5. The third-order valence-corrected chi connectivity index (χ3v) is 12.5. The Kier molecular flexibility index (Phi) is 12.0. The van der Waals surface area contributed by atoms with E-state index in [1.807, 2.05) is 35.8 Å². The Morgan fingerprint density at radius 2 is 1.79 bits per heavy atom. The maximum atomic E-state index is 15.3. The number of hydrogen-bond donors (Lipinski definition) is 3. The van der Waals surface area contributed by atoms with Crippen molar-refractivity contribution in [3.63, 3.8) is 0 Å². The number of halogens is 2. The van der Waals surface area contributed by atoms with Gasteiger partial charge in [0.2, 0.25) is 17.7 Å². The maximum Gasteiger partial charge on any atom is 0.264 e. The van der Waals surface area contributed by atoms with Crippen LogP contribution in [0.25, 0.3) is 5.00 Å². The molecule has 62 heavy (non-hydrogen) atoms. The molecule has 3 aliphatic rings. The Labute approximate surface area is 364 Å². The molecule has 0 bridgehead atoms. The van der Waals surface area contributed by atoms with Crippen molar-refractivity contribution < 1.29 is 37.8 Å². The van der Waals surface area contributed by atoms with Crippen LogP contribution in [-0.2, 0) is 19.1 Å². The highest BCUT2D eigenvalue weighted by Crippen LogP contribution is 2.40. The van der Waals surface area contributed by atoms with Gasteiger partial charge in [0.15, 0.2) is 17.4 Å². The van der Waals surface area contributed by atoms with E-state index in [-0.39, 0.29) is 68.4 Å². The van der Waals surface area contributed by atoms with Crippen molar-refractivity contribution in [2.75, 3.05) is 31.7 Å². The van der Waals surface area contributed by atoms with Gasteiger partial charge < -0.3 is 20.1 Å². The fourth-order valence-electron chi connectivity index (χ4n) is 7.83. The van der Waals surface area contributed by atoms with Crippen LogP contribution in [0.15, 0.2) is 65.7 Å². The number of nitrogens with one attached hydrogen (secondary N) is 3. The van der Waals surface area contributed by atoms with Crippen LogP contribution in [0.2, 0.25) is 5.02 Å². The molecule has 8 rings (SSSR count). The second-order valence-corrected chi connectivity index (χ2v) is 16.8. The molecular formula is C44H42ClFN8O7S. The molecule has 0 radical (unpaired) electrons. The third-order valence-electron chi connectivity index (χ3n) is 11.1. The largest absolute Gasteiger partial charge is 0.488 e. The number of amides is 5. The van der Waals surface area contributed by atoms with Crippen molar-refractivity contribution >= 4 is 63.9 Å². The number of carbonyl (C=O) groups excluding carboxylic acids is 5. The van der Waals surface area contributed by atoms with Crippen molar-refractivity contribution in [1.82, 2.24) is 30.3 Å². The molecule has 18 heteroatoms. The minimum absolute atomic E-state index is 0.0211. The molecule has 2 aromatic heterocycles. The summed E-state index contributed by atoms with van der Waals surface area (Å²) < 4.78 is 28.5. The van der Waals surface area contributed by atoms with Gasteiger partial charge in [0.1, 0.15) is 29.5 Å². The first kappa shape index (κ1) is 42.4. The summed E-state index contributed by atoms with van der Waals surface area (Å²) in [7, 11) is 0. The van der Waals surface area contributed by atoms with Crippen LogP contribution in [0.3, 0.4) is 0 Å². The zero-order chi connectivity index (χ0) is 43.8. The number of aryl methyl sites for hydroxylation is 2. The molecule has 15 nitrogen and oxygen atoms in total. The van der Waals surface area contributed by atoms with Crippen LogP contribution >= 0.6 is 22.9 Å². The Balaban J connectivity index is 0.837. The van der Waals surface area contributed by atoms with Crippen molar-refractivity contribution in [1.29, 1.82) is 0 Å². The molecule has 5 amide bonds. The minimum atomic E-state index is -1.06. The summed E-state index contributed by atoms with van der Waals surface area (Å²) in [4.78, 5) is 71.3. The summed E-state index contributed by atoms with van der Waals surface area (Å²) in [6, 6.07) is 14.5. The average molecular weight is 881 g/mol. The quantitative estimate of drug-likeness (QED) is 0.0868. The van der Waals surface area contributed by atoms with Crippen LogP contribution < -0.4 is 20.7 Å². The van der Waals surface area contributed by atoms with E-state index in [2.05, 4.69) is 40.0 Å². The number of hydrogen-bond acceptors (Lipinski definition) is 12. The lowest BCUT2D eigenvalue weighted by Gasteiger charge is -2.27. The molecule has 5 heterocycles. The predicted octanol–water partition coefficient (Wildman–Crippen LogP) is 6.11. The molecule has 320 valence electrons. The van der Waals surface area contributed by atoms with Crippen molar-refractivity contribution in [3.8, 4) is 10.8 Å². The van der Waals surface area contributed by atoms with Gasteiger partial charge in [0.05, 0.1) is 42.5 Å². The number of thiophene rings is 1. The number of rotatable bonds is 14. The first-order chi connectivity index (χ1) is 29.8. The van der Waals surface area contributed by atoms with Crippen molar-refractivity contribution in [2.24, 2.45) is 4.99 Å². The molecule has 3 aromatic carbocycles. The zero-order valence-corrected chi connectivity index (χ0v) is 35.8. The number of aliphatic imine (C=N–C) groups is 1. The van der Waals surface area contributed by atoms with Crippen LogP contribution in [-0.4, -0.2) is 87.3 Å². The Morgan fingerprint density at radius 1 is 1.00 bits per heavy atom. The molecule has 5 aromatic rings. The van der Waals surface area contributed by atoms with Gasteiger partial charge in [-0.2, -0.15) is 0 Å². The van der Waals surface area contributed by atoms with E-state index in [4.69, 9.17) is 26.1 Å². The highest BCUT2D eigenvalue weighted by molar-refractivity contribution is 7.15. The van der Waals surface area contributed by atoms with E-state index in [1.165, 1.54) is 18.2 Å². The molecule has 1 saturated heterocycles. The first-order valence-electron chi connectivity index (χ1n) is 20.0. The molecular weight excluding hydrogens is 839 g/mol. The van der Waals surface area contributed by atoms with Gasteiger partial charge in [-0.1, -0.05) is 35.9 Å². The lowest BCUT2D eigenvalue weighted by atomic mass is 9.99. The monoisotopic (exact) mass is 880 g/mol. The van der Waals surface area contributed by atoms with Gasteiger partial charge in [0, 0.05) is 39.7 Å². The second kappa shape index (κ2) is 17.6. The van der Waals surface area contributed by atoms with E-state index in [9.17, 15) is 24.0 Å². The molecule has 0 aliphatic carbocycles. The van der Waals surface area contributed by atoms with Gasteiger partial charge in [-0.05, 0) is 81.6 Å². The lowest BCUT2D eigenvalue weighted by Crippen LogP contribution is -2.54. The number of piperidine rings is 1. The SMILES string of the molecule is Cc1sc2c(c1C)C(c1ccc(Cl)cc1)=NC(CC(=O)N[C@@H](C)c1ccc(OCCOCCNc3cccc4c3C(=O)N(C3CCC(=O)NC3=O)C4=O)c(F)c1)c1nnc(C)n1-2. The normalized spacial score (nSPS) is 17.5. The number of nitrogens with zero attached hydrogens (tertiary/aromatic N) is 5. The van der Waals surface area contributed by atoms with Gasteiger partial charge in [-0.25, -0.2) is 4.39 Å². The summed E-state index contributed by atoms with van der Waals surface area (Å²) in [6.07, 6.45) is 0.0673. The number of aromatic nitrogens is 3. The fraction of sp³-hybridized carbons (Fsp3) is 0.318. The Morgan fingerprint density at radius 3 is 2.55 bits per heavy atom. The summed E-state index contributed by atoms with van der Waals surface area (Å²) in [6.45, 7) is 8.42. The summed E-state index contributed by atoms with van der Waals surface area (Å²) in [5.41, 5.74) is 4.91. The highest BCUT2D eigenvalue weighted by Gasteiger charge is 2.45. The number of imide groups is 2. The lowest BCUT2D eigenvalue weighted by molar-refractivity contribution is -0.136. The summed E-state index contributed by atoms with van der Waals surface area (Å²) >= 11 is 7.86. The second-order valence-electron chi connectivity index (χ2n) is 15.2. The van der Waals surface area contributed by atoms with Crippen LogP contribution in [0.4, 0.5) is 10.1 Å². The van der Waals surface area contributed by atoms with Crippen molar-refractivity contribution in [2.45, 2.75) is 65.1 Å². The van der Waals surface area contributed by atoms with Crippen molar-refractivity contribution in [3.05, 3.63) is 121 Å². The Bertz CT molecular complexity index is 2660. The molecule has 0 saturated carbocycles. The number of fused-ring (bicyclic) bond motifs is 4. The van der Waals surface area contributed by atoms with E-state index >= 15 is 4.39 Å². The average Bonchev–Trinajstić information content (AvgIpc) is 3.82. The van der Waals surface area contributed by atoms with E-state index < -0.39 is 47.6 Å². The zero-order valence-electron chi connectivity index (χ0n) is 34.2. The molecule has 1 fully saturated rings. The molecule has 2 unspecified atom stereocenters. The first-order valence-corrected chi connectivity index (χ1v) is 21.2. The van der Waals surface area contributed by atoms with Gasteiger partial charge in [-0.3, -0.25) is 43.7 Å². The summed E-state index contributed by atoms with van der Waals surface area (Å²) in [5.74, 6) is -1.97. The van der Waals surface area contributed by atoms with E-state index in [1.54, 1.807) is 36.5 Å². The molecule has 3 atom stereocenters. The van der Waals surface area contributed by atoms with Gasteiger partial charge in [-0.15, -0.1) is 21.5 Å². The van der Waals surface area contributed by atoms with Crippen LogP contribution in [0.1, 0.15) is 97.8 Å². The minimum Gasteiger partial charge on any atom is -0.488 e. The number of anilines is 1. The predicted molar refractivity (Wildman–Crippen MR) is 229 cm³/mol. The summed E-state index contributed by atoms with van der Waals surface area (Å²) in [5, 5.41) is 18.7. The van der Waals surface area contributed by atoms with Crippen LogP contribution in [0, 0.1) is 26.6 Å². The molecule has 3 aliphatic heterocycles. The smallest absolute Gasteiger partial charge is 0.264 e. The number of ether oxygens (including phenoxy) is 2. The molecule has 0 spiro atoms. The van der Waals surface area contributed by atoms with Crippen LogP contribution in [0.5, 0.6) is 5.75 Å². The topological polar surface area (TPSA) is 186 Å². The van der Waals surface area contributed by atoms with E-state index in [0.717, 1.165) is 37.2 Å². The standard InChI is InChI=1S/C44H42ClFN8O7S/c1-22-24(3)62-44-37(22)39(26-8-11-28(45)12-9-26)49-32(40-52-51-25(4)53(40)44)21-36(56)48-23(2)27-10-14-34(30(46)20-27)61-19-18-60-17-16-47-31-7-5-6-29-38(31)43(59)54(42(29)58)33-13-15-35(55)50-41(33)57/h5-12,14,20,23,32-33,47H,13,15-19,21H2,1-4H3,(H,48,56)(H,50,55,57)/t23-,32?,33?/m0/s1. The number of benzene rings is 3. The van der Waals surface area contributed by atoms with Gasteiger partial charge >= 0.3 is 0 Å². The molecule has 3 N–H and O–H groups in total.